The van der Waals surface area contributed by atoms with Crippen LogP contribution in [0.15, 0.2) is 82.3 Å². The van der Waals surface area contributed by atoms with Crippen LogP contribution in [0, 0.1) is 5.41 Å². The monoisotopic (exact) mass is 461 g/mol. The summed E-state index contributed by atoms with van der Waals surface area (Å²) < 4.78 is 1.01. The van der Waals surface area contributed by atoms with E-state index in [4.69, 9.17) is 10.4 Å². The topological polar surface area (TPSA) is 60.2 Å². The summed E-state index contributed by atoms with van der Waals surface area (Å²) in [6.45, 7) is 0.273. The smallest absolute Gasteiger partial charge is 0.139 e. The number of halogens is 1. The lowest BCUT2D eigenvalue weighted by atomic mass is 10.1. The van der Waals surface area contributed by atoms with Gasteiger partial charge in [0.1, 0.15) is 16.6 Å². The maximum absolute atomic E-state index is 10.7. The molecular weight excluding hydrogens is 446 g/mol. The van der Waals surface area contributed by atoms with Crippen LogP contribution in [0.2, 0.25) is 0 Å². The van der Waals surface area contributed by atoms with Crippen molar-refractivity contribution < 1.29 is 5.11 Å². The Kier molecular flexibility index (Phi) is 4.45. The van der Waals surface area contributed by atoms with Crippen LogP contribution in [0.25, 0.3) is 27.6 Å². The van der Waals surface area contributed by atoms with E-state index in [0.29, 0.717) is 10.6 Å². The van der Waals surface area contributed by atoms with E-state index in [-0.39, 0.29) is 18.1 Å². The quantitative estimate of drug-likeness (QED) is 0.366. The van der Waals surface area contributed by atoms with Crippen molar-refractivity contribution >= 4 is 55.1 Å². The van der Waals surface area contributed by atoms with E-state index in [0.717, 1.165) is 32.2 Å². The van der Waals surface area contributed by atoms with Crippen molar-refractivity contribution in [1.82, 2.24) is 4.98 Å². The number of benzene rings is 3. The van der Waals surface area contributed by atoms with Crippen molar-refractivity contribution in [1.29, 1.82) is 5.41 Å². The van der Waals surface area contributed by atoms with Crippen LogP contribution < -0.4 is 4.90 Å². The molecule has 1 aromatic heterocycles. The molecule has 142 valence electrons. The number of amidine groups is 1. The van der Waals surface area contributed by atoms with Crippen molar-refractivity contribution in [3.63, 3.8) is 0 Å². The maximum Gasteiger partial charge on any atom is 0.139 e. The Bertz CT molecular complexity index is 1270. The summed E-state index contributed by atoms with van der Waals surface area (Å²) in [7, 11) is 0. The van der Waals surface area contributed by atoms with Gasteiger partial charge in [0.2, 0.25) is 0 Å². The Balaban J connectivity index is 1.50. The summed E-state index contributed by atoms with van der Waals surface area (Å²) >= 11 is 4.89. The highest BCUT2D eigenvalue weighted by Gasteiger charge is 2.32. The lowest BCUT2D eigenvalue weighted by Crippen LogP contribution is -2.26. The number of anilines is 1. The highest BCUT2D eigenvalue weighted by atomic mass is 79.9. The van der Waals surface area contributed by atoms with E-state index >= 15 is 0 Å². The lowest BCUT2D eigenvalue weighted by molar-refractivity contribution is 0.411. The molecule has 0 saturated heterocycles. The Labute approximate surface area is 180 Å². The number of nitrogens with zero attached hydrogens (tertiary/aromatic N) is 2. The van der Waals surface area contributed by atoms with E-state index in [9.17, 15) is 5.11 Å². The second-order valence-corrected chi connectivity index (χ2v) is 8.57. The molecule has 1 aliphatic rings. The molecule has 0 amide bonds. The zero-order valence-electron chi connectivity index (χ0n) is 15.3. The van der Waals surface area contributed by atoms with Gasteiger partial charge in [-0.05, 0) is 23.6 Å². The van der Waals surface area contributed by atoms with Crippen LogP contribution in [0.1, 0.15) is 5.01 Å². The highest BCUT2D eigenvalue weighted by molar-refractivity contribution is 9.10. The minimum Gasteiger partial charge on any atom is -0.510 e. The molecular formula is C23H16BrN3OS. The van der Waals surface area contributed by atoms with Gasteiger partial charge < -0.3 is 10.0 Å². The second kappa shape index (κ2) is 7.13. The molecule has 0 saturated carbocycles. The fourth-order valence-electron chi connectivity index (χ4n) is 3.60. The molecule has 0 radical (unpaired) electrons. The number of thiazole rings is 1. The third-order valence-corrected chi connectivity index (χ3v) is 6.41. The normalized spacial score (nSPS) is 14.2. The summed E-state index contributed by atoms with van der Waals surface area (Å²) in [5.41, 5.74) is 3.27. The van der Waals surface area contributed by atoms with E-state index in [2.05, 4.69) is 28.1 Å². The second-order valence-electron chi connectivity index (χ2n) is 6.80. The maximum atomic E-state index is 10.7. The van der Waals surface area contributed by atoms with Crippen molar-refractivity contribution in [2.24, 2.45) is 0 Å². The Morgan fingerprint density at radius 3 is 2.59 bits per heavy atom. The van der Waals surface area contributed by atoms with E-state index in [1.165, 1.54) is 11.3 Å². The lowest BCUT2D eigenvalue weighted by Gasteiger charge is -2.20. The van der Waals surface area contributed by atoms with E-state index in [1.807, 2.05) is 64.9 Å². The van der Waals surface area contributed by atoms with E-state index < -0.39 is 0 Å². The predicted molar refractivity (Wildman–Crippen MR) is 124 cm³/mol. The first-order valence-corrected chi connectivity index (χ1v) is 10.8. The van der Waals surface area contributed by atoms with Gasteiger partial charge >= 0.3 is 0 Å². The fraction of sp³-hybridized carbons (Fsp3) is 0.0435. The summed E-state index contributed by atoms with van der Waals surface area (Å²) in [5.74, 6) is 0.454. The first-order valence-electron chi connectivity index (χ1n) is 9.10. The number of aliphatic hydroxyl groups is 1. The third-order valence-electron chi connectivity index (χ3n) is 5.02. The van der Waals surface area contributed by atoms with Gasteiger partial charge in [0.15, 0.2) is 0 Å². The number of fused-ring (bicyclic) bond motifs is 1. The standard InChI is InChI=1S/C23H16BrN3OS/c24-16-10-8-15(9-11-16)18-13-29-23(26-18)21-20(28)12-27(22(21)25)19-7-3-5-14-4-1-2-6-17(14)19/h1-11,13,25,28H,12H2. The molecule has 0 aliphatic carbocycles. The number of rotatable bonds is 3. The van der Waals surface area contributed by atoms with Gasteiger partial charge in [-0.2, -0.15) is 0 Å². The molecule has 29 heavy (non-hydrogen) atoms. The fourth-order valence-corrected chi connectivity index (χ4v) is 4.76. The predicted octanol–water partition coefficient (Wildman–Crippen LogP) is 6.49. The molecule has 3 aromatic carbocycles. The molecule has 0 spiro atoms. The molecule has 1 aliphatic heterocycles. The molecule has 4 nitrogen and oxygen atoms in total. The number of aromatic nitrogens is 1. The van der Waals surface area contributed by atoms with Crippen LogP contribution in [0.3, 0.4) is 0 Å². The van der Waals surface area contributed by atoms with Crippen molar-refractivity contribution in [2.45, 2.75) is 0 Å². The summed E-state index contributed by atoms with van der Waals surface area (Å²) in [6, 6.07) is 22.1. The Hall–Kier alpha value is -2.96. The van der Waals surface area contributed by atoms with Crippen molar-refractivity contribution in [3.05, 3.63) is 87.3 Å². The molecule has 0 unspecified atom stereocenters. The van der Waals surface area contributed by atoms with Crippen molar-refractivity contribution in [2.75, 3.05) is 11.4 Å². The summed E-state index contributed by atoms with van der Waals surface area (Å²) in [6.07, 6.45) is 0. The first kappa shape index (κ1) is 18.1. The first-order chi connectivity index (χ1) is 14.1. The zero-order valence-corrected chi connectivity index (χ0v) is 17.7. The molecule has 2 heterocycles. The average molecular weight is 462 g/mol. The molecule has 5 rings (SSSR count). The molecule has 4 aromatic rings. The number of aliphatic hydroxyl groups excluding tert-OH is 1. The van der Waals surface area contributed by atoms with Gasteiger partial charge in [-0.15, -0.1) is 11.3 Å². The molecule has 2 N–H and O–H groups in total. The van der Waals surface area contributed by atoms with E-state index in [1.54, 1.807) is 0 Å². The summed E-state index contributed by atoms with van der Waals surface area (Å²) in [4.78, 5) is 6.54. The summed E-state index contributed by atoms with van der Waals surface area (Å²) in [5, 5.41) is 24.2. The van der Waals surface area contributed by atoms with Gasteiger partial charge in [0.25, 0.3) is 0 Å². The number of hydrogen-bond donors (Lipinski definition) is 2. The minimum atomic E-state index is 0.180. The van der Waals surface area contributed by atoms with Crippen LogP contribution in [-0.4, -0.2) is 22.5 Å². The molecule has 0 fully saturated rings. The third kappa shape index (κ3) is 3.14. The molecule has 0 bridgehead atoms. The van der Waals surface area contributed by atoms with Crippen LogP contribution in [0.4, 0.5) is 5.69 Å². The Morgan fingerprint density at radius 2 is 1.76 bits per heavy atom. The largest absolute Gasteiger partial charge is 0.510 e. The zero-order chi connectivity index (χ0) is 20.0. The van der Waals surface area contributed by atoms with Crippen molar-refractivity contribution in [3.8, 4) is 11.3 Å². The van der Waals surface area contributed by atoms with Gasteiger partial charge in [-0.3, -0.25) is 5.41 Å². The minimum absolute atomic E-state index is 0.180. The average Bonchev–Trinajstić information content (AvgIpc) is 3.32. The molecule has 6 heteroatoms. The van der Waals surface area contributed by atoms with Gasteiger partial charge in [-0.25, -0.2) is 4.98 Å². The highest BCUT2D eigenvalue weighted by Crippen LogP contribution is 2.37. The Morgan fingerprint density at radius 1 is 1.00 bits per heavy atom. The van der Waals surface area contributed by atoms with Gasteiger partial charge in [0, 0.05) is 20.8 Å². The number of nitrogens with one attached hydrogen (secondary N) is 1. The molecule has 0 atom stereocenters. The van der Waals surface area contributed by atoms with Crippen LogP contribution >= 0.6 is 27.3 Å². The SMILES string of the molecule is N=C1C(c2nc(-c3ccc(Br)cc3)cs2)=C(O)CN1c1cccc2ccccc12. The van der Waals surface area contributed by atoms with Crippen LogP contribution in [0.5, 0.6) is 0 Å². The van der Waals surface area contributed by atoms with Crippen LogP contribution in [-0.2, 0) is 0 Å². The van der Waals surface area contributed by atoms with Gasteiger partial charge in [0.05, 0.1) is 23.5 Å². The number of hydrogen-bond acceptors (Lipinski definition) is 4. The van der Waals surface area contributed by atoms with Gasteiger partial charge in [-0.1, -0.05) is 64.5 Å².